The lowest BCUT2D eigenvalue weighted by Crippen LogP contribution is -2.30. The maximum atomic E-state index is 3.96. The predicted octanol–water partition coefficient (Wildman–Crippen LogP) is 14.1. The summed E-state index contributed by atoms with van der Waals surface area (Å²) in [5.74, 6) is 0. The first kappa shape index (κ1) is 34.1. The van der Waals surface area contributed by atoms with Gasteiger partial charge in [0.2, 0.25) is 0 Å². The van der Waals surface area contributed by atoms with Crippen LogP contribution in [0.3, 0.4) is 0 Å². The van der Waals surface area contributed by atoms with Gasteiger partial charge in [-0.2, -0.15) is 0 Å². The van der Waals surface area contributed by atoms with Crippen molar-refractivity contribution in [2.45, 2.75) is 43.4 Å². The first-order valence-corrected chi connectivity index (χ1v) is 19.9. The zero-order chi connectivity index (χ0) is 37.9. The summed E-state index contributed by atoms with van der Waals surface area (Å²) < 4.78 is 0. The Morgan fingerprint density at radius 3 is 1.55 bits per heavy atom. The summed E-state index contributed by atoms with van der Waals surface area (Å²) in [6.45, 7) is 7.21. The zero-order valence-corrected chi connectivity index (χ0v) is 32.3. The standard InChI is InChI=1S/C55H45N/c1-53(2)47-28-16-15-26-44(47)46-35-36-50(51(52(46)53)45-27-14-13-25-43(45)38-19-7-4-8-20-38)56-42-33-31-39(32-34-42)54(3)37-55(40-21-9-5-10-22-40,41-23-11-6-12-24-41)49-30-18-17-29-48(49)54/h4-36,56H,37H2,1-3H3. The molecule has 8 aromatic carbocycles. The second-order valence-corrected chi connectivity index (χ2v) is 16.4. The molecule has 0 amide bonds. The number of nitrogens with one attached hydrogen (secondary N) is 1. The lowest BCUT2D eigenvalue weighted by Gasteiger charge is -2.35. The van der Waals surface area contributed by atoms with Crippen molar-refractivity contribution in [1.82, 2.24) is 0 Å². The zero-order valence-electron chi connectivity index (χ0n) is 32.3. The molecule has 1 heteroatoms. The number of fused-ring (bicyclic) bond motifs is 4. The van der Waals surface area contributed by atoms with Crippen LogP contribution in [0.5, 0.6) is 0 Å². The highest BCUT2D eigenvalue weighted by molar-refractivity contribution is 5.99. The van der Waals surface area contributed by atoms with Crippen molar-refractivity contribution < 1.29 is 0 Å². The lowest BCUT2D eigenvalue weighted by molar-refractivity contribution is 0.473. The van der Waals surface area contributed by atoms with Gasteiger partial charge in [0, 0.05) is 33.2 Å². The molecule has 0 spiro atoms. The molecule has 10 rings (SSSR count). The fourth-order valence-electron chi connectivity index (χ4n) is 10.3. The third-order valence-corrected chi connectivity index (χ3v) is 12.9. The number of hydrogen-bond donors (Lipinski definition) is 1. The van der Waals surface area contributed by atoms with Crippen molar-refractivity contribution in [2.24, 2.45) is 0 Å². The van der Waals surface area contributed by atoms with E-state index in [4.69, 9.17) is 0 Å². The lowest BCUT2D eigenvalue weighted by atomic mass is 9.67. The summed E-state index contributed by atoms with van der Waals surface area (Å²) in [6.07, 6.45) is 0.945. The fourth-order valence-corrected chi connectivity index (χ4v) is 10.3. The molecule has 0 bridgehead atoms. The van der Waals surface area contributed by atoms with Crippen LogP contribution in [0.15, 0.2) is 200 Å². The summed E-state index contributed by atoms with van der Waals surface area (Å²) in [4.78, 5) is 0. The van der Waals surface area contributed by atoms with Crippen molar-refractivity contribution in [3.05, 3.63) is 239 Å². The third-order valence-electron chi connectivity index (χ3n) is 12.9. The van der Waals surface area contributed by atoms with Gasteiger partial charge in [0.1, 0.15) is 0 Å². The monoisotopic (exact) mass is 719 g/mol. The minimum Gasteiger partial charge on any atom is -0.355 e. The van der Waals surface area contributed by atoms with E-state index in [1.807, 2.05) is 0 Å². The van der Waals surface area contributed by atoms with Crippen LogP contribution in [0, 0.1) is 0 Å². The Hall–Kier alpha value is -6.44. The third kappa shape index (κ3) is 5.15. The maximum absolute atomic E-state index is 3.96. The minimum absolute atomic E-state index is 0.179. The van der Waals surface area contributed by atoms with Crippen molar-refractivity contribution >= 4 is 11.4 Å². The number of benzene rings is 8. The Bertz CT molecular complexity index is 2670. The van der Waals surface area contributed by atoms with Crippen LogP contribution in [-0.4, -0.2) is 0 Å². The van der Waals surface area contributed by atoms with Crippen LogP contribution in [-0.2, 0) is 16.2 Å². The largest absolute Gasteiger partial charge is 0.355 e. The van der Waals surface area contributed by atoms with Gasteiger partial charge in [-0.05, 0) is 91.4 Å². The topological polar surface area (TPSA) is 12.0 Å². The first-order valence-electron chi connectivity index (χ1n) is 19.9. The Morgan fingerprint density at radius 1 is 0.393 bits per heavy atom. The SMILES string of the molecule is CC1(C)c2ccccc2-c2ccc(Nc3ccc(C4(C)CC(c5ccccc5)(c5ccccc5)c5ccccc54)cc3)c(-c3ccccc3-c3ccccc3)c21. The van der Waals surface area contributed by atoms with E-state index in [9.17, 15) is 0 Å². The molecule has 1 nitrogen and oxygen atoms in total. The van der Waals surface area contributed by atoms with E-state index < -0.39 is 0 Å². The molecule has 0 fully saturated rings. The number of hydrogen-bond acceptors (Lipinski definition) is 1. The van der Waals surface area contributed by atoms with Gasteiger partial charge in [-0.3, -0.25) is 0 Å². The highest BCUT2D eigenvalue weighted by Gasteiger charge is 2.52. The van der Waals surface area contributed by atoms with Crippen molar-refractivity contribution in [3.63, 3.8) is 0 Å². The molecular formula is C55H45N. The molecule has 0 saturated carbocycles. The van der Waals surface area contributed by atoms with E-state index in [0.717, 1.165) is 17.8 Å². The average molecular weight is 720 g/mol. The van der Waals surface area contributed by atoms with Gasteiger partial charge in [-0.15, -0.1) is 0 Å². The molecular weight excluding hydrogens is 675 g/mol. The van der Waals surface area contributed by atoms with Gasteiger partial charge >= 0.3 is 0 Å². The summed E-state index contributed by atoms with van der Waals surface area (Å²) in [5.41, 5.74) is 18.7. The normalized spacial score (nSPS) is 17.1. The summed E-state index contributed by atoms with van der Waals surface area (Å²) in [6, 6.07) is 73.9. The van der Waals surface area contributed by atoms with Gasteiger partial charge in [0.05, 0.1) is 0 Å². The second-order valence-electron chi connectivity index (χ2n) is 16.4. The van der Waals surface area contributed by atoms with E-state index in [2.05, 4.69) is 226 Å². The molecule has 0 aromatic heterocycles. The highest BCUT2D eigenvalue weighted by atomic mass is 14.9. The average Bonchev–Trinajstić information content (AvgIpc) is 3.67. The maximum Gasteiger partial charge on any atom is 0.0467 e. The molecule has 270 valence electrons. The van der Waals surface area contributed by atoms with E-state index in [-0.39, 0.29) is 16.2 Å². The molecule has 2 aliphatic rings. The number of anilines is 2. The second kappa shape index (κ2) is 13.1. The molecule has 8 aromatic rings. The molecule has 56 heavy (non-hydrogen) atoms. The Morgan fingerprint density at radius 2 is 0.911 bits per heavy atom. The molecule has 0 aliphatic heterocycles. The highest BCUT2D eigenvalue weighted by Crippen LogP contribution is 2.59. The van der Waals surface area contributed by atoms with Crippen LogP contribution in [0.4, 0.5) is 11.4 Å². The Kier molecular flexibility index (Phi) is 7.97. The van der Waals surface area contributed by atoms with Crippen LogP contribution in [0.25, 0.3) is 33.4 Å². The molecule has 1 atom stereocenters. The van der Waals surface area contributed by atoms with Crippen molar-refractivity contribution in [2.75, 3.05) is 5.32 Å². The van der Waals surface area contributed by atoms with Crippen LogP contribution in [0.2, 0.25) is 0 Å². The molecule has 1 N–H and O–H groups in total. The van der Waals surface area contributed by atoms with Crippen molar-refractivity contribution in [3.8, 4) is 33.4 Å². The molecule has 0 radical (unpaired) electrons. The van der Waals surface area contributed by atoms with Crippen molar-refractivity contribution in [1.29, 1.82) is 0 Å². The van der Waals surface area contributed by atoms with E-state index in [1.54, 1.807) is 0 Å². The summed E-state index contributed by atoms with van der Waals surface area (Å²) in [5, 5.41) is 3.96. The van der Waals surface area contributed by atoms with Crippen LogP contribution in [0.1, 0.15) is 66.1 Å². The predicted molar refractivity (Wildman–Crippen MR) is 235 cm³/mol. The Balaban J connectivity index is 1.09. The van der Waals surface area contributed by atoms with Crippen LogP contribution >= 0.6 is 0 Å². The Labute approximate surface area is 331 Å². The van der Waals surface area contributed by atoms with Gasteiger partial charge in [-0.25, -0.2) is 0 Å². The van der Waals surface area contributed by atoms with E-state index in [0.29, 0.717) is 0 Å². The molecule has 1 unspecified atom stereocenters. The summed E-state index contributed by atoms with van der Waals surface area (Å²) >= 11 is 0. The molecule has 2 aliphatic carbocycles. The van der Waals surface area contributed by atoms with E-state index in [1.165, 1.54) is 72.3 Å². The quantitative estimate of drug-likeness (QED) is 0.173. The minimum atomic E-state index is -0.263. The molecule has 0 saturated heterocycles. The summed E-state index contributed by atoms with van der Waals surface area (Å²) in [7, 11) is 0. The number of rotatable bonds is 7. The van der Waals surface area contributed by atoms with Gasteiger partial charge in [-0.1, -0.05) is 203 Å². The smallest absolute Gasteiger partial charge is 0.0467 e. The first-order chi connectivity index (χ1) is 27.4. The molecule has 0 heterocycles. The van der Waals surface area contributed by atoms with Gasteiger partial charge in [0.25, 0.3) is 0 Å². The van der Waals surface area contributed by atoms with Gasteiger partial charge < -0.3 is 5.32 Å². The van der Waals surface area contributed by atoms with Gasteiger partial charge in [0.15, 0.2) is 0 Å². The fraction of sp³-hybridized carbons (Fsp3) is 0.127. The van der Waals surface area contributed by atoms with Crippen LogP contribution < -0.4 is 5.32 Å². The van der Waals surface area contributed by atoms with E-state index >= 15 is 0 Å².